The van der Waals surface area contributed by atoms with Crippen molar-refractivity contribution in [3.05, 3.63) is 64.7 Å². The summed E-state index contributed by atoms with van der Waals surface area (Å²) in [5, 5.41) is 10.9. The van der Waals surface area contributed by atoms with E-state index in [0.717, 1.165) is 18.7 Å². The molecule has 36 heavy (non-hydrogen) atoms. The van der Waals surface area contributed by atoms with E-state index < -0.39 is 22.2 Å². The van der Waals surface area contributed by atoms with E-state index in [1.54, 1.807) is 48.2 Å². The van der Waals surface area contributed by atoms with E-state index in [1.807, 2.05) is 12.1 Å². The van der Waals surface area contributed by atoms with E-state index in [2.05, 4.69) is 5.32 Å². The predicted octanol–water partition coefficient (Wildman–Crippen LogP) is 3.29. The molecule has 0 saturated carbocycles. The zero-order chi connectivity index (χ0) is 26.9. The number of rotatable bonds is 7. The molecular formula is C23H27ClF3N3O5S. The van der Waals surface area contributed by atoms with Crippen LogP contribution in [0.25, 0.3) is 0 Å². The summed E-state index contributed by atoms with van der Waals surface area (Å²) in [6, 6.07) is 14.0. The molecule has 1 fully saturated rings. The summed E-state index contributed by atoms with van der Waals surface area (Å²) in [5.74, 6) is -2.78. The quantitative estimate of drug-likeness (QED) is 0.549. The van der Waals surface area contributed by atoms with Gasteiger partial charge in [0.1, 0.15) is 0 Å². The minimum atomic E-state index is -5.08. The van der Waals surface area contributed by atoms with E-state index in [4.69, 9.17) is 21.5 Å². The van der Waals surface area contributed by atoms with Gasteiger partial charge in [-0.05, 0) is 36.2 Å². The Morgan fingerprint density at radius 2 is 1.72 bits per heavy atom. The van der Waals surface area contributed by atoms with Crippen LogP contribution in [0.4, 0.5) is 13.2 Å². The van der Waals surface area contributed by atoms with Crippen molar-refractivity contribution in [1.82, 2.24) is 14.5 Å². The number of sulfonamides is 1. The third-order valence-electron chi connectivity index (χ3n) is 5.25. The largest absolute Gasteiger partial charge is 0.490 e. The molecule has 2 aromatic carbocycles. The van der Waals surface area contributed by atoms with E-state index in [0.29, 0.717) is 23.7 Å². The average molecular weight is 550 g/mol. The zero-order valence-electron chi connectivity index (χ0n) is 19.5. The van der Waals surface area contributed by atoms with Gasteiger partial charge in [0, 0.05) is 50.7 Å². The van der Waals surface area contributed by atoms with Crippen LogP contribution in [0.5, 0.6) is 0 Å². The molecule has 1 saturated heterocycles. The molecule has 8 nitrogen and oxygen atoms in total. The molecule has 0 unspecified atom stereocenters. The van der Waals surface area contributed by atoms with Crippen LogP contribution < -0.4 is 5.32 Å². The first-order valence-corrected chi connectivity index (χ1v) is 12.7. The van der Waals surface area contributed by atoms with Gasteiger partial charge < -0.3 is 15.3 Å². The number of hydrogen-bond donors (Lipinski definition) is 2. The topological polar surface area (TPSA) is 107 Å². The summed E-state index contributed by atoms with van der Waals surface area (Å²) < 4.78 is 59.9. The van der Waals surface area contributed by atoms with Gasteiger partial charge in [-0.3, -0.25) is 4.79 Å². The Balaban J connectivity index is 0.000000572. The maximum absolute atomic E-state index is 13.4. The highest BCUT2D eigenvalue weighted by atomic mass is 35.5. The molecule has 1 heterocycles. The molecule has 1 aliphatic heterocycles. The monoisotopic (exact) mass is 549 g/mol. The molecule has 0 bridgehead atoms. The van der Waals surface area contributed by atoms with Crippen LogP contribution >= 0.6 is 11.6 Å². The Labute approximate surface area is 212 Å². The van der Waals surface area contributed by atoms with Gasteiger partial charge in [-0.2, -0.15) is 17.5 Å². The molecule has 0 radical (unpaired) electrons. The molecule has 1 aliphatic rings. The number of carboxylic acids is 1. The predicted molar refractivity (Wildman–Crippen MR) is 128 cm³/mol. The third kappa shape index (κ3) is 8.77. The Kier molecular flexibility index (Phi) is 10.7. The first-order chi connectivity index (χ1) is 16.8. The van der Waals surface area contributed by atoms with Crippen molar-refractivity contribution in [2.24, 2.45) is 0 Å². The summed E-state index contributed by atoms with van der Waals surface area (Å²) >= 11 is 6.08. The second-order valence-corrected chi connectivity index (χ2v) is 10.3. The van der Waals surface area contributed by atoms with Crippen LogP contribution in [-0.2, 0) is 26.2 Å². The van der Waals surface area contributed by atoms with Crippen LogP contribution in [0, 0.1) is 6.92 Å². The van der Waals surface area contributed by atoms with Gasteiger partial charge >= 0.3 is 12.1 Å². The molecule has 0 aromatic heterocycles. The van der Waals surface area contributed by atoms with Gasteiger partial charge in [0.25, 0.3) is 0 Å². The Morgan fingerprint density at radius 1 is 1.11 bits per heavy atom. The van der Waals surface area contributed by atoms with Crippen LogP contribution in [0.15, 0.2) is 53.4 Å². The maximum Gasteiger partial charge on any atom is 0.490 e. The van der Waals surface area contributed by atoms with Gasteiger partial charge in [0.2, 0.25) is 15.9 Å². The van der Waals surface area contributed by atoms with E-state index >= 15 is 0 Å². The molecule has 2 N–H and O–H groups in total. The number of halogens is 4. The van der Waals surface area contributed by atoms with Crippen molar-refractivity contribution in [3.63, 3.8) is 0 Å². The van der Waals surface area contributed by atoms with Gasteiger partial charge in [-0.1, -0.05) is 41.9 Å². The lowest BCUT2D eigenvalue weighted by molar-refractivity contribution is -0.192. The van der Waals surface area contributed by atoms with Gasteiger partial charge in [0.15, 0.2) is 0 Å². The van der Waals surface area contributed by atoms with Crippen LogP contribution in [0.2, 0.25) is 5.02 Å². The lowest BCUT2D eigenvalue weighted by Gasteiger charge is -2.29. The number of nitrogens with one attached hydrogen (secondary N) is 1. The molecular weight excluding hydrogens is 523 g/mol. The van der Waals surface area contributed by atoms with E-state index in [9.17, 15) is 26.4 Å². The number of piperazine rings is 1. The minimum Gasteiger partial charge on any atom is -0.475 e. The summed E-state index contributed by atoms with van der Waals surface area (Å²) in [4.78, 5) is 23.5. The van der Waals surface area contributed by atoms with Crippen molar-refractivity contribution < 1.29 is 36.3 Å². The second-order valence-electron chi connectivity index (χ2n) is 7.92. The second kappa shape index (κ2) is 13.0. The maximum atomic E-state index is 13.4. The molecule has 1 amide bonds. The zero-order valence-corrected chi connectivity index (χ0v) is 21.0. The summed E-state index contributed by atoms with van der Waals surface area (Å²) in [6.45, 7) is 4.88. The SMILES string of the molecule is Cc1ccccc1S(=O)(=O)N(CCC(=O)N1CCNCC1)Cc1cccc(Cl)c1.O=C(O)C(F)(F)F. The normalized spacial score (nSPS) is 14.2. The molecule has 198 valence electrons. The number of carboxylic acid groups (broad SMARTS) is 1. The Morgan fingerprint density at radius 3 is 2.28 bits per heavy atom. The number of carbonyl (C=O) groups excluding carboxylic acids is 1. The van der Waals surface area contributed by atoms with Crippen LogP contribution in [0.3, 0.4) is 0 Å². The standard InChI is InChI=1S/C21H26ClN3O3S.C2HF3O2/c1-17-5-2-3-8-20(17)29(27,28)25(16-18-6-4-7-19(22)15-18)12-9-21(26)24-13-10-23-11-14-24;3-2(4,5)1(6)7/h2-8,15,23H,9-14,16H2,1H3;(H,6,7). The fourth-order valence-corrected chi connectivity index (χ4v) is 5.27. The van der Waals surface area contributed by atoms with E-state index in [-0.39, 0.29) is 30.3 Å². The van der Waals surface area contributed by atoms with E-state index in [1.165, 1.54) is 4.31 Å². The van der Waals surface area contributed by atoms with Crippen LogP contribution in [-0.4, -0.2) is 73.5 Å². The van der Waals surface area contributed by atoms with Crippen molar-refractivity contribution >= 4 is 33.5 Å². The Bertz CT molecular complexity index is 1160. The number of benzene rings is 2. The highest BCUT2D eigenvalue weighted by Gasteiger charge is 2.38. The third-order valence-corrected chi connectivity index (χ3v) is 7.49. The first kappa shape index (κ1) is 29.6. The van der Waals surface area contributed by atoms with Crippen LogP contribution in [0.1, 0.15) is 17.5 Å². The summed E-state index contributed by atoms with van der Waals surface area (Å²) in [5.41, 5.74) is 1.46. The molecule has 13 heteroatoms. The van der Waals surface area contributed by atoms with Crippen molar-refractivity contribution in [3.8, 4) is 0 Å². The summed E-state index contributed by atoms with van der Waals surface area (Å²) in [7, 11) is -3.76. The number of aryl methyl sites for hydroxylation is 1. The number of nitrogens with zero attached hydrogens (tertiary/aromatic N) is 2. The number of aliphatic carboxylic acids is 1. The average Bonchev–Trinajstić information content (AvgIpc) is 2.82. The van der Waals surface area contributed by atoms with Gasteiger partial charge in [-0.15, -0.1) is 0 Å². The lowest BCUT2D eigenvalue weighted by Crippen LogP contribution is -2.47. The van der Waals surface area contributed by atoms with Crippen molar-refractivity contribution in [1.29, 1.82) is 0 Å². The summed E-state index contributed by atoms with van der Waals surface area (Å²) in [6.07, 6.45) is -4.94. The van der Waals surface area contributed by atoms with Gasteiger partial charge in [0.05, 0.1) is 4.90 Å². The number of alkyl halides is 3. The van der Waals surface area contributed by atoms with Gasteiger partial charge in [-0.25, -0.2) is 13.2 Å². The lowest BCUT2D eigenvalue weighted by atomic mass is 10.2. The van der Waals surface area contributed by atoms with Crippen molar-refractivity contribution in [2.75, 3.05) is 32.7 Å². The molecule has 0 spiro atoms. The highest BCUT2D eigenvalue weighted by molar-refractivity contribution is 7.89. The number of amides is 1. The number of carbonyl (C=O) groups is 2. The fourth-order valence-electron chi connectivity index (χ4n) is 3.40. The Hall–Kier alpha value is -2.67. The van der Waals surface area contributed by atoms with Crippen molar-refractivity contribution in [2.45, 2.75) is 31.0 Å². The molecule has 2 aromatic rings. The molecule has 3 rings (SSSR count). The highest BCUT2D eigenvalue weighted by Crippen LogP contribution is 2.23. The fraction of sp³-hybridized carbons (Fsp3) is 0.391. The molecule has 0 aliphatic carbocycles. The minimum absolute atomic E-state index is 0.0254. The first-order valence-electron chi connectivity index (χ1n) is 10.9. The smallest absolute Gasteiger partial charge is 0.475 e. The number of hydrogen-bond acceptors (Lipinski definition) is 5. The molecule has 0 atom stereocenters.